The number of carboxylic acid groups (broad SMARTS) is 1. The van der Waals surface area contributed by atoms with E-state index in [1.165, 1.54) is 13.8 Å². The van der Waals surface area contributed by atoms with Crippen LogP contribution in [0.15, 0.2) is 0 Å². The van der Waals surface area contributed by atoms with Crippen molar-refractivity contribution in [3.63, 3.8) is 0 Å². The number of amides is 4. The quantitative estimate of drug-likeness (QED) is 0.186. The molecule has 0 aliphatic heterocycles. The summed E-state index contributed by atoms with van der Waals surface area (Å²) in [5.74, 6) is -4.89. The Kier molecular flexibility index (Phi) is 10.1. The molecule has 0 aromatic heterocycles. The van der Waals surface area contributed by atoms with Crippen molar-refractivity contribution in [2.45, 2.75) is 64.4 Å². The molecule has 0 heterocycles. The molecular formula is C16H29N5O7. The molecule has 0 spiro atoms. The number of aliphatic hydroxyl groups excluding tert-OH is 1. The topological polar surface area (TPSA) is 214 Å². The first kappa shape index (κ1) is 25.3. The highest BCUT2D eigenvalue weighted by Crippen LogP contribution is 2.04. The third-order valence-electron chi connectivity index (χ3n) is 3.80. The Balaban J connectivity index is 5.00. The zero-order chi connectivity index (χ0) is 22.2. The first-order valence-corrected chi connectivity index (χ1v) is 8.63. The number of carbonyl (C=O) groups is 5. The van der Waals surface area contributed by atoms with Gasteiger partial charge in [0.1, 0.15) is 12.1 Å². The number of nitrogens with two attached hydrogens (primary N) is 2. The summed E-state index contributed by atoms with van der Waals surface area (Å²) in [6.45, 7) is 5.79. The number of rotatable bonds is 11. The minimum Gasteiger partial charge on any atom is -0.480 e. The number of hydrogen-bond acceptors (Lipinski definition) is 7. The van der Waals surface area contributed by atoms with Crippen LogP contribution in [0.4, 0.5) is 0 Å². The summed E-state index contributed by atoms with van der Waals surface area (Å²) in [6.07, 6.45) is -1.74. The van der Waals surface area contributed by atoms with Crippen molar-refractivity contribution in [1.29, 1.82) is 0 Å². The first-order chi connectivity index (χ1) is 12.8. The van der Waals surface area contributed by atoms with E-state index < -0.39 is 66.3 Å². The molecule has 5 unspecified atom stereocenters. The molecule has 4 amide bonds. The minimum atomic E-state index is -1.54. The van der Waals surface area contributed by atoms with Crippen LogP contribution in [0.25, 0.3) is 0 Å². The molecule has 5 atom stereocenters. The maximum absolute atomic E-state index is 12.4. The van der Waals surface area contributed by atoms with E-state index in [9.17, 15) is 29.1 Å². The molecule has 28 heavy (non-hydrogen) atoms. The molecule has 0 radical (unpaired) electrons. The van der Waals surface area contributed by atoms with Crippen molar-refractivity contribution in [2.75, 3.05) is 0 Å². The highest BCUT2D eigenvalue weighted by molar-refractivity contribution is 5.95. The zero-order valence-corrected chi connectivity index (χ0v) is 16.3. The summed E-state index contributed by atoms with van der Waals surface area (Å²) in [7, 11) is 0. The van der Waals surface area contributed by atoms with Crippen LogP contribution in [0.3, 0.4) is 0 Å². The first-order valence-electron chi connectivity index (χ1n) is 8.63. The number of nitrogens with one attached hydrogen (secondary N) is 3. The fraction of sp³-hybridized carbons (Fsp3) is 0.688. The molecule has 12 nitrogen and oxygen atoms in total. The number of carboxylic acids is 1. The van der Waals surface area contributed by atoms with Crippen molar-refractivity contribution in [3.8, 4) is 0 Å². The molecule has 0 saturated heterocycles. The Bertz CT molecular complexity index is 608. The van der Waals surface area contributed by atoms with Crippen LogP contribution >= 0.6 is 0 Å². The van der Waals surface area contributed by atoms with Gasteiger partial charge in [0.15, 0.2) is 6.04 Å². The number of hydrogen-bond donors (Lipinski definition) is 7. The van der Waals surface area contributed by atoms with Crippen molar-refractivity contribution in [1.82, 2.24) is 16.0 Å². The lowest BCUT2D eigenvalue weighted by Crippen LogP contribution is -2.58. The number of primary amides is 1. The highest BCUT2D eigenvalue weighted by atomic mass is 16.4. The average Bonchev–Trinajstić information content (AvgIpc) is 2.54. The Labute approximate surface area is 162 Å². The van der Waals surface area contributed by atoms with Crippen LogP contribution in [0.2, 0.25) is 0 Å². The van der Waals surface area contributed by atoms with Gasteiger partial charge in [-0.15, -0.1) is 0 Å². The standard InChI is InChI=1S/C16H29N5O7/c1-6(2)11(20-14(25)9(17)5-10(18)23)15(26)19-7(3)13(24)21-12(8(4)22)16(27)28/h6-9,11-12,22H,5,17H2,1-4H3,(H2,18,23)(H,19,26)(H,20,25)(H,21,24)(H,27,28). The van der Waals surface area contributed by atoms with Crippen molar-refractivity contribution in [3.05, 3.63) is 0 Å². The predicted molar refractivity (Wildman–Crippen MR) is 97.4 cm³/mol. The van der Waals surface area contributed by atoms with E-state index in [-0.39, 0.29) is 5.92 Å². The van der Waals surface area contributed by atoms with Gasteiger partial charge in [-0.2, -0.15) is 0 Å². The van der Waals surface area contributed by atoms with Crippen LogP contribution in [0, 0.1) is 5.92 Å². The lowest BCUT2D eigenvalue weighted by molar-refractivity contribution is -0.145. The summed E-state index contributed by atoms with van der Waals surface area (Å²) in [6, 6.07) is -4.98. The normalized spacial score (nSPS) is 16.2. The molecule has 0 fully saturated rings. The smallest absolute Gasteiger partial charge is 0.328 e. The fourth-order valence-corrected chi connectivity index (χ4v) is 2.14. The van der Waals surface area contributed by atoms with E-state index in [4.69, 9.17) is 16.6 Å². The van der Waals surface area contributed by atoms with E-state index in [0.29, 0.717) is 0 Å². The lowest BCUT2D eigenvalue weighted by atomic mass is 10.0. The molecule has 0 saturated carbocycles. The lowest BCUT2D eigenvalue weighted by Gasteiger charge is -2.25. The van der Waals surface area contributed by atoms with E-state index in [2.05, 4.69) is 16.0 Å². The van der Waals surface area contributed by atoms with Crippen LogP contribution in [-0.2, 0) is 24.0 Å². The van der Waals surface area contributed by atoms with Gasteiger partial charge in [0.2, 0.25) is 23.6 Å². The second-order valence-corrected chi connectivity index (χ2v) is 6.80. The van der Waals surface area contributed by atoms with Crippen molar-refractivity contribution >= 4 is 29.6 Å². The van der Waals surface area contributed by atoms with Crippen LogP contribution < -0.4 is 27.4 Å². The third kappa shape index (κ3) is 8.31. The second-order valence-electron chi connectivity index (χ2n) is 6.80. The highest BCUT2D eigenvalue weighted by Gasteiger charge is 2.31. The predicted octanol–water partition coefficient (Wildman–Crippen LogP) is -3.22. The van der Waals surface area contributed by atoms with E-state index in [1.807, 2.05) is 0 Å². The molecule has 0 aromatic rings. The van der Waals surface area contributed by atoms with Gasteiger partial charge in [-0.25, -0.2) is 4.79 Å². The third-order valence-corrected chi connectivity index (χ3v) is 3.80. The van der Waals surface area contributed by atoms with Crippen LogP contribution in [0.1, 0.15) is 34.1 Å². The zero-order valence-electron chi connectivity index (χ0n) is 16.3. The molecule has 0 rings (SSSR count). The molecule has 0 aromatic carbocycles. The Morgan fingerprint density at radius 1 is 0.857 bits per heavy atom. The van der Waals surface area contributed by atoms with E-state index in [0.717, 1.165) is 0 Å². The van der Waals surface area contributed by atoms with Gasteiger partial charge in [-0.1, -0.05) is 13.8 Å². The molecule has 0 aliphatic carbocycles. The Morgan fingerprint density at radius 3 is 1.75 bits per heavy atom. The summed E-state index contributed by atoms with van der Waals surface area (Å²) in [5, 5.41) is 25.2. The van der Waals surface area contributed by atoms with Crippen LogP contribution in [0.5, 0.6) is 0 Å². The van der Waals surface area contributed by atoms with Gasteiger partial charge in [0, 0.05) is 0 Å². The minimum absolute atomic E-state index is 0.385. The van der Waals surface area contributed by atoms with E-state index in [1.54, 1.807) is 13.8 Å². The molecule has 0 aliphatic rings. The Morgan fingerprint density at radius 2 is 1.36 bits per heavy atom. The van der Waals surface area contributed by atoms with Gasteiger partial charge in [0.25, 0.3) is 0 Å². The second kappa shape index (κ2) is 11.2. The van der Waals surface area contributed by atoms with Gasteiger partial charge in [-0.3, -0.25) is 19.2 Å². The number of carbonyl (C=O) groups excluding carboxylic acids is 4. The largest absolute Gasteiger partial charge is 0.480 e. The molecule has 0 bridgehead atoms. The molecule has 12 heteroatoms. The summed E-state index contributed by atoms with van der Waals surface area (Å²) in [5.41, 5.74) is 10.5. The van der Waals surface area contributed by atoms with Crippen molar-refractivity contribution in [2.24, 2.45) is 17.4 Å². The monoisotopic (exact) mass is 403 g/mol. The number of aliphatic carboxylic acids is 1. The van der Waals surface area contributed by atoms with Crippen LogP contribution in [-0.4, -0.2) is 70.1 Å². The maximum atomic E-state index is 12.4. The maximum Gasteiger partial charge on any atom is 0.328 e. The van der Waals surface area contributed by atoms with Gasteiger partial charge < -0.3 is 37.6 Å². The fourth-order valence-electron chi connectivity index (χ4n) is 2.14. The number of aliphatic hydroxyl groups is 1. The molecule has 160 valence electrons. The van der Waals surface area contributed by atoms with Gasteiger partial charge in [0.05, 0.1) is 18.6 Å². The summed E-state index contributed by atoms with van der Waals surface area (Å²) >= 11 is 0. The molecular weight excluding hydrogens is 374 g/mol. The molecule has 9 N–H and O–H groups in total. The summed E-state index contributed by atoms with van der Waals surface area (Å²) in [4.78, 5) is 58.4. The average molecular weight is 403 g/mol. The van der Waals surface area contributed by atoms with Crippen molar-refractivity contribution < 1.29 is 34.2 Å². The van der Waals surface area contributed by atoms with Gasteiger partial charge >= 0.3 is 5.97 Å². The van der Waals surface area contributed by atoms with E-state index >= 15 is 0 Å². The van der Waals surface area contributed by atoms with Gasteiger partial charge in [-0.05, 0) is 19.8 Å². The Hall–Kier alpha value is -2.73. The summed E-state index contributed by atoms with van der Waals surface area (Å²) < 4.78 is 0. The SMILES string of the molecule is CC(NC(=O)C(NC(=O)C(N)CC(N)=O)C(C)C)C(=O)NC(C(=O)O)C(C)O.